The molecule has 3 N–H and O–H groups in total. The van der Waals surface area contributed by atoms with Gasteiger partial charge in [-0.05, 0) is 70.4 Å². The Balaban J connectivity index is 1.36. The van der Waals surface area contributed by atoms with Crippen LogP contribution in [0.3, 0.4) is 0 Å². The SMILES string of the molecule is O=C(O)CCOC(=O)Nc1ccc(-c2cc(C(Cc3ccccc3)NC(=O)C=Cc3cc(Cl)ccc3-n3cnnn3)nnc2Cl)cc1. The van der Waals surface area contributed by atoms with E-state index >= 15 is 0 Å². The average Bonchev–Trinajstić information content (AvgIpc) is 3.60. The van der Waals surface area contributed by atoms with Gasteiger partial charge in [-0.2, -0.15) is 9.78 Å². The molecule has 47 heavy (non-hydrogen) atoms. The zero-order valence-electron chi connectivity index (χ0n) is 24.5. The zero-order chi connectivity index (χ0) is 33.2. The molecule has 2 aromatic heterocycles. The van der Waals surface area contributed by atoms with Crippen LogP contribution >= 0.6 is 23.2 Å². The highest BCUT2D eigenvalue weighted by atomic mass is 35.5. The van der Waals surface area contributed by atoms with Crippen LogP contribution in [0, 0.1) is 0 Å². The number of nitrogens with zero attached hydrogens (tertiary/aromatic N) is 6. The van der Waals surface area contributed by atoms with Crippen molar-refractivity contribution in [3.8, 4) is 16.8 Å². The Morgan fingerprint density at radius 2 is 1.77 bits per heavy atom. The minimum atomic E-state index is -1.07. The summed E-state index contributed by atoms with van der Waals surface area (Å²) in [5.41, 5.74) is 4.35. The molecule has 0 radical (unpaired) electrons. The predicted octanol–water partition coefficient (Wildman–Crippen LogP) is 5.56. The lowest BCUT2D eigenvalue weighted by Gasteiger charge is -2.18. The molecule has 13 nitrogen and oxygen atoms in total. The van der Waals surface area contributed by atoms with Gasteiger partial charge in [-0.15, -0.1) is 10.2 Å². The van der Waals surface area contributed by atoms with Gasteiger partial charge in [-0.25, -0.2) is 4.79 Å². The first-order chi connectivity index (χ1) is 22.7. The van der Waals surface area contributed by atoms with Gasteiger partial charge in [0, 0.05) is 27.9 Å². The van der Waals surface area contributed by atoms with Crippen molar-refractivity contribution in [2.24, 2.45) is 0 Å². The topological polar surface area (TPSA) is 174 Å². The lowest BCUT2D eigenvalue weighted by atomic mass is 10.00. The van der Waals surface area contributed by atoms with Crippen LogP contribution in [0.5, 0.6) is 0 Å². The maximum atomic E-state index is 13.3. The van der Waals surface area contributed by atoms with Gasteiger partial charge in [-0.1, -0.05) is 65.7 Å². The molecule has 238 valence electrons. The fourth-order valence-corrected chi connectivity index (χ4v) is 4.87. The summed E-state index contributed by atoms with van der Waals surface area (Å²) in [6, 6.07) is 22.6. The summed E-state index contributed by atoms with van der Waals surface area (Å²) in [6.45, 7) is -0.251. The molecule has 1 unspecified atom stereocenters. The summed E-state index contributed by atoms with van der Waals surface area (Å²) in [7, 11) is 0. The Morgan fingerprint density at radius 1 is 0.979 bits per heavy atom. The fraction of sp³-hybridized carbons (Fsp3) is 0.125. The van der Waals surface area contributed by atoms with E-state index in [4.69, 9.17) is 33.0 Å². The maximum Gasteiger partial charge on any atom is 0.411 e. The molecule has 0 saturated heterocycles. The van der Waals surface area contributed by atoms with Crippen molar-refractivity contribution in [2.45, 2.75) is 18.9 Å². The van der Waals surface area contributed by atoms with E-state index in [0.717, 1.165) is 5.56 Å². The number of nitrogens with one attached hydrogen (secondary N) is 2. The van der Waals surface area contributed by atoms with E-state index in [1.165, 1.54) is 17.1 Å². The van der Waals surface area contributed by atoms with Crippen LogP contribution in [0.1, 0.15) is 29.3 Å². The summed E-state index contributed by atoms with van der Waals surface area (Å²) in [6.07, 6.45) is 3.79. The molecular formula is C32H26Cl2N8O5. The van der Waals surface area contributed by atoms with E-state index in [0.29, 0.717) is 45.2 Å². The van der Waals surface area contributed by atoms with Crippen molar-refractivity contribution >= 4 is 52.9 Å². The van der Waals surface area contributed by atoms with Gasteiger partial charge in [0.1, 0.15) is 12.9 Å². The highest BCUT2D eigenvalue weighted by Gasteiger charge is 2.19. The van der Waals surface area contributed by atoms with Gasteiger partial charge < -0.3 is 15.2 Å². The van der Waals surface area contributed by atoms with Crippen molar-refractivity contribution in [1.29, 1.82) is 0 Å². The number of anilines is 1. The predicted molar refractivity (Wildman–Crippen MR) is 174 cm³/mol. The van der Waals surface area contributed by atoms with Gasteiger partial charge in [0.05, 0.1) is 23.8 Å². The number of rotatable bonds is 12. The van der Waals surface area contributed by atoms with Crippen LogP contribution in [0.4, 0.5) is 10.5 Å². The lowest BCUT2D eigenvalue weighted by Crippen LogP contribution is -2.29. The molecule has 0 bridgehead atoms. The van der Waals surface area contributed by atoms with E-state index in [2.05, 4.69) is 36.4 Å². The molecule has 0 aliphatic rings. The number of carboxylic acid groups (broad SMARTS) is 1. The summed E-state index contributed by atoms with van der Waals surface area (Å²) in [5, 5.41) is 34.6. The second kappa shape index (κ2) is 15.6. The van der Waals surface area contributed by atoms with Gasteiger partial charge in [0.2, 0.25) is 5.91 Å². The van der Waals surface area contributed by atoms with Crippen molar-refractivity contribution in [3.63, 3.8) is 0 Å². The molecule has 5 aromatic rings. The molecule has 5 rings (SSSR count). The van der Waals surface area contributed by atoms with Gasteiger partial charge in [0.15, 0.2) is 5.15 Å². The van der Waals surface area contributed by atoms with Crippen molar-refractivity contribution in [1.82, 2.24) is 35.7 Å². The average molecular weight is 674 g/mol. The minimum absolute atomic E-state index is 0.142. The first-order valence-electron chi connectivity index (χ1n) is 14.1. The molecule has 3 aromatic carbocycles. The smallest absolute Gasteiger partial charge is 0.411 e. The van der Waals surface area contributed by atoms with Crippen LogP contribution in [0.25, 0.3) is 22.9 Å². The number of hydrogen-bond acceptors (Lipinski definition) is 9. The summed E-state index contributed by atoms with van der Waals surface area (Å²) >= 11 is 12.7. The Morgan fingerprint density at radius 3 is 2.49 bits per heavy atom. The number of ether oxygens (including phenoxy) is 1. The van der Waals surface area contributed by atoms with Crippen LogP contribution < -0.4 is 10.6 Å². The molecule has 0 aliphatic carbocycles. The molecule has 2 amide bonds. The highest BCUT2D eigenvalue weighted by Crippen LogP contribution is 2.30. The Hall–Kier alpha value is -5.66. The summed E-state index contributed by atoms with van der Waals surface area (Å²) in [5.74, 6) is -1.46. The van der Waals surface area contributed by atoms with E-state index < -0.39 is 24.0 Å². The number of carbonyl (C=O) groups excluding carboxylic acids is 2. The van der Waals surface area contributed by atoms with Crippen molar-refractivity contribution in [2.75, 3.05) is 11.9 Å². The standard InChI is InChI=1S/C32H26Cl2N8O5/c33-23-9-12-28(42-19-35-40-41-42)22(17-23)8-13-29(43)37-26(16-20-4-2-1-3-5-20)27-18-25(31(34)39-38-27)21-6-10-24(11-7-21)36-32(46)47-15-14-30(44)45/h1-13,17-19,26H,14-16H2,(H,36,46)(H,37,43)(H,44,45). The summed E-state index contributed by atoms with van der Waals surface area (Å²) in [4.78, 5) is 35.9. The Kier molecular flexibility index (Phi) is 10.8. The van der Waals surface area contributed by atoms with Gasteiger partial charge >= 0.3 is 12.1 Å². The first-order valence-corrected chi connectivity index (χ1v) is 14.9. The number of carboxylic acids is 1. The zero-order valence-corrected chi connectivity index (χ0v) is 26.0. The van der Waals surface area contributed by atoms with Crippen LogP contribution in [0.2, 0.25) is 10.2 Å². The number of aromatic nitrogens is 6. The fourth-order valence-electron chi connectivity index (χ4n) is 4.49. The number of benzene rings is 3. The monoisotopic (exact) mass is 672 g/mol. The van der Waals surface area contributed by atoms with Crippen LogP contribution in [-0.4, -0.2) is 60.1 Å². The molecule has 0 spiro atoms. The van der Waals surface area contributed by atoms with E-state index in [-0.39, 0.29) is 18.2 Å². The molecule has 0 fully saturated rings. The highest BCUT2D eigenvalue weighted by molar-refractivity contribution is 6.32. The quantitative estimate of drug-likeness (QED) is 0.142. The second-order valence-corrected chi connectivity index (χ2v) is 10.8. The third kappa shape index (κ3) is 9.19. The Labute approximate surface area is 278 Å². The third-order valence-electron chi connectivity index (χ3n) is 6.71. The number of carbonyl (C=O) groups is 3. The van der Waals surface area contributed by atoms with Gasteiger partial charge in [-0.3, -0.25) is 14.9 Å². The third-order valence-corrected chi connectivity index (χ3v) is 7.23. The van der Waals surface area contributed by atoms with E-state index in [9.17, 15) is 14.4 Å². The molecule has 1 atom stereocenters. The van der Waals surface area contributed by atoms with E-state index in [1.54, 1.807) is 54.6 Å². The molecular weight excluding hydrogens is 647 g/mol. The maximum absolute atomic E-state index is 13.3. The van der Waals surface area contributed by atoms with Crippen LogP contribution in [-0.2, 0) is 20.7 Å². The van der Waals surface area contributed by atoms with E-state index in [1.807, 2.05) is 30.3 Å². The number of halogens is 2. The molecule has 0 aliphatic heterocycles. The largest absolute Gasteiger partial charge is 0.481 e. The van der Waals surface area contributed by atoms with Crippen molar-refractivity contribution < 1.29 is 24.2 Å². The number of tetrazole rings is 1. The summed E-state index contributed by atoms with van der Waals surface area (Å²) < 4.78 is 6.33. The van der Waals surface area contributed by atoms with Gasteiger partial charge in [0.25, 0.3) is 0 Å². The van der Waals surface area contributed by atoms with Crippen LogP contribution in [0.15, 0.2) is 91.3 Å². The lowest BCUT2D eigenvalue weighted by molar-refractivity contribution is -0.137. The molecule has 2 heterocycles. The minimum Gasteiger partial charge on any atom is -0.481 e. The Bertz CT molecular complexity index is 1890. The van der Waals surface area contributed by atoms with Crippen molar-refractivity contribution in [3.05, 3.63) is 118 Å². The number of hydrogen-bond donors (Lipinski definition) is 3. The first kappa shape index (κ1) is 32.7. The second-order valence-electron chi connectivity index (χ2n) is 10.00. The molecule has 0 saturated carbocycles. The number of amides is 2. The molecule has 15 heteroatoms. The normalized spacial score (nSPS) is 11.6. The number of aliphatic carboxylic acids is 1.